The number of nitrogens with zero attached hydrogens (tertiary/aromatic N) is 3. The molecule has 0 bridgehead atoms. The van der Waals surface area contributed by atoms with Gasteiger partial charge in [0.1, 0.15) is 0 Å². The van der Waals surface area contributed by atoms with Gasteiger partial charge in [0, 0.05) is 51.9 Å². The molecule has 0 aromatic rings. The number of piperazine rings is 1. The Morgan fingerprint density at radius 3 is 2.10 bits per heavy atom. The first kappa shape index (κ1) is 15.7. The van der Waals surface area contributed by atoms with Gasteiger partial charge in [0.2, 0.25) is 5.91 Å². The summed E-state index contributed by atoms with van der Waals surface area (Å²) >= 11 is 0. The molecule has 2 atom stereocenters. The van der Waals surface area contributed by atoms with Crippen LogP contribution >= 0.6 is 0 Å². The molecule has 0 aromatic heterocycles. The minimum absolute atomic E-state index is 0.0354. The summed E-state index contributed by atoms with van der Waals surface area (Å²) in [4.78, 5) is 19.3. The van der Waals surface area contributed by atoms with E-state index in [0.717, 1.165) is 52.2 Å². The first-order valence-electron chi connectivity index (χ1n) is 8.14. The average Bonchev–Trinajstić information content (AvgIpc) is 3.02. The van der Waals surface area contributed by atoms with Crippen molar-refractivity contribution in [2.45, 2.75) is 45.2 Å². The summed E-state index contributed by atoms with van der Waals surface area (Å²) in [6, 6.07) is 0.537. The van der Waals surface area contributed by atoms with Gasteiger partial charge in [-0.25, -0.2) is 0 Å². The lowest BCUT2D eigenvalue weighted by Gasteiger charge is -2.41. The summed E-state index contributed by atoms with van der Waals surface area (Å²) < 4.78 is 0. The molecule has 0 aromatic carbocycles. The van der Waals surface area contributed by atoms with E-state index in [-0.39, 0.29) is 6.04 Å². The summed E-state index contributed by atoms with van der Waals surface area (Å²) in [5.74, 6) is 0.321. The van der Waals surface area contributed by atoms with Crippen LogP contribution in [0.15, 0.2) is 0 Å². The Hall–Kier alpha value is -0.650. The molecule has 2 saturated heterocycles. The monoisotopic (exact) mass is 282 g/mol. The molecule has 0 aliphatic carbocycles. The van der Waals surface area contributed by atoms with Crippen molar-refractivity contribution in [2.24, 2.45) is 5.73 Å². The second kappa shape index (κ2) is 7.38. The fourth-order valence-electron chi connectivity index (χ4n) is 3.42. The zero-order chi connectivity index (χ0) is 14.5. The van der Waals surface area contributed by atoms with Crippen LogP contribution < -0.4 is 5.73 Å². The van der Waals surface area contributed by atoms with Crippen LogP contribution in [0.1, 0.15) is 33.1 Å². The van der Waals surface area contributed by atoms with E-state index in [2.05, 4.69) is 23.6 Å². The van der Waals surface area contributed by atoms with Crippen molar-refractivity contribution in [3.63, 3.8) is 0 Å². The van der Waals surface area contributed by atoms with Crippen LogP contribution in [0, 0.1) is 0 Å². The maximum Gasteiger partial charge on any atom is 0.239 e. The fourth-order valence-corrected chi connectivity index (χ4v) is 3.42. The van der Waals surface area contributed by atoms with E-state index >= 15 is 0 Å². The van der Waals surface area contributed by atoms with Crippen LogP contribution in [0.2, 0.25) is 0 Å². The topological polar surface area (TPSA) is 52.8 Å². The number of likely N-dealkylation sites (tertiary alicyclic amines) is 1. The van der Waals surface area contributed by atoms with E-state index in [0.29, 0.717) is 11.9 Å². The predicted molar refractivity (Wildman–Crippen MR) is 81.6 cm³/mol. The summed E-state index contributed by atoms with van der Waals surface area (Å²) in [5.41, 5.74) is 5.82. The number of nitrogens with two attached hydrogens (primary N) is 1. The highest BCUT2D eigenvalue weighted by Crippen LogP contribution is 2.15. The lowest BCUT2D eigenvalue weighted by atomic mass is 10.1. The Morgan fingerprint density at radius 2 is 1.60 bits per heavy atom. The van der Waals surface area contributed by atoms with Gasteiger partial charge >= 0.3 is 0 Å². The van der Waals surface area contributed by atoms with Crippen molar-refractivity contribution < 1.29 is 4.79 Å². The maximum atomic E-state index is 12.4. The SMILES string of the molecule is CCC(CN)N1CCN(C(C)C(=O)N2CCCC2)CC1. The van der Waals surface area contributed by atoms with Gasteiger partial charge in [-0.15, -0.1) is 0 Å². The van der Waals surface area contributed by atoms with E-state index < -0.39 is 0 Å². The van der Waals surface area contributed by atoms with E-state index in [9.17, 15) is 4.79 Å². The Kier molecular flexibility index (Phi) is 5.81. The van der Waals surface area contributed by atoms with Crippen LogP contribution in [0.4, 0.5) is 0 Å². The van der Waals surface area contributed by atoms with Crippen molar-refractivity contribution in [3.8, 4) is 0 Å². The van der Waals surface area contributed by atoms with Crippen molar-refractivity contribution in [2.75, 3.05) is 45.8 Å². The zero-order valence-electron chi connectivity index (χ0n) is 13.1. The maximum absolute atomic E-state index is 12.4. The fraction of sp³-hybridized carbons (Fsp3) is 0.933. The predicted octanol–water partition coefficient (Wildman–Crippen LogP) is 0.352. The molecule has 0 radical (unpaired) electrons. The Balaban J connectivity index is 1.82. The third-order valence-corrected chi connectivity index (χ3v) is 4.93. The highest BCUT2D eigenvalue weighted by atomic mass is 16.2. The van der Waals surface area contributed by atoms with Crippen LogP contribution in [0.3, 0.4) is 0 Å². The highest BCUT2D eigenvalue weighted by molar-refractivity contribution is 5.81. The number of amides is 1. The van der Waals surface area contributed by atoms with Gasteiger partial charge in [-0.1, -0.05) is 6.92 Å². The number of hydrogen-bond donors (Lipinski definition) is 1. The number of hydrogen-bond acceptors (Lipinski definition) is 4. The molecule has 2 aliphatic rings. The Morgan fingerprint density at radius 1 is 1.05 bits per heavy atom. The molecular formula is C15H30N4O. The van der Waals surface area contributed by atoms with Crippen LogP contribution in [-0.2, 0) is 4.79 Å². The van der Waals surface area contributed by atoms with Gasteiger partial charge < -0.3 is 10.6 Å². The summed E-state index contributed by atoms with van der Waals surface area (Å²) in [5, 5.41) is 0. The van der Waals surface area contributed by atoms with Crippen molar-refractivity contribution in [1.82, 2.24) is 14.7 Å². The minimum atomic E-state index is 0.0354. The zero-order valence-corrected chi connectivity index (χ0v) is 13.1. The molecule has 20 heavy (non-hydrogen) atoms. The van der Waals surface area contributed by atoms with E-state index in [1.54, 1.807) is 0 Å². The van der Waals surface area contributed by atoms with E-state index in [4.69, 9.17) is 5.73 Å². The Labute approximate surface area is 123 Å². The summed E-state index contributed by atoms with van der Waals surface area (Å²) in [7, 11) is 0. The van der Waals surface area contributed by atoms with Crippen LogP contribution in [0.5, 0.6) is 0 Å². The lowest BCUT2D eigenvalue weighted by Crippen LogP contribution is -2.56. The van der Waals surface area contributed by atoms with E-state index in [1.165, 1.54) is 12.8 Å². The summed E-state index contributed by atoms with van der Waals surface area (Å²) in [6.07, 6.45) is 3.45. The Bertz CT molecular complexity index is 305. The quantitative estimate of drug-likeness (QED) is 0.791. The third-order valence-electron chi connectivity index (χ3n) is 4.93. The smallest absolute Gasteiger partial charge is 0.239 e. The molecule has 116 valence electrons. The first-order valence-corrected chi connectivity index (χ1v) is 8.14. The van der Waals surface area contributed by atoms with Crippen LogP contribution in [-0.4, -0.2) is 78.5 Å². The molecule has 2 fully saturated rings. The molecule has 2 unspecified atom stereocenters. The van der Waals surface area contributed by atoms with Crippen molar-refractivity contribution >= 4 is 5.91 Å². The highest BCUT2D eigenvalue weighted by Gasteiger charge is 2.30. The van der Waals surface area contributed by atoms with Gasteiger partial charge in [-0.2, -0.15) is 0 Å². The number of carbonyl (C=O) groups is 1. The molecule has 1 amide bonds. The molecule has 0 saturated carbocycles. The van der Waals surface area contributed by atoms with Gasteiger partial charge in [0.05, 0.1) is 6.04 Å². The van der Waals surface area contributed by atoms with Gasteiger partial charge in [0.15, 0.2) is 0 Å². The average molecular weight is 282 g/mol. The molecule has 5 nitrogen and oxygen atoms in total. The molecule has 2 aliphatic heterocycles. The van der Waals surface area contributed by atoms with Crippen molar-refractivity contribution in [3.05, 3.63) is 0 Å². The molecular weight excluding hydrogens is 252 g/mol. The number of rotatable bonds is 5. The first-order chi connectivity index (χ1) is 9.67. The number of carbonyl (C=O) groups excluding carboxylic acids is 1. The second-order valence-electron chi connectivity index (χ2n) is 6.08. The molecule has 0 spiro atoms. The molecule has 2 N–H and O–H groups in total. The van der Waals surface area contributed by atoms with Gasteiger partial charge in [0.25, 0.3) is 0 Å². The normalized spacial score (nSPS) is 24.9. The van der Waals surface area contributed by atoms with Crippen LogP contribution in [0.25, 0.3) is 0 Å². The summed E-state index contributed by atoms with van der Waals surface area (Å²) in [6.45, 7) is 10.9. The lowest BCUT2D eigenvalue weighted by molar-refractivity contribution is -0.136. The molecule has 2 heterocycles. The van der Waals surface area contributed by atoms with E-state index in [1.807, 2.05) is 4.90 Å². The van der Waals surface area contributed by atoms with Crippen molar-refractivity contribution in [1.29, 1.82) is 0 Å². The standard InChI is InChI=1S/C15H30N4O/c1-3-14(12-16)18-10-8-17(9-11-18)13(2)15(20)19-6-4-5-7-19/h13-14H,3-12,16H2,1-2H3. The minimum Gasteiger partial charge on any atom is -0.341 e. The van der Waals surface area contributed by atoms with Gasteiger partial charge in [-0.3, -0.25) is 14.6 Å². The third kappa shape index (κ3) is 3.51. The second-order valence-corrected chi connectivity index (χ2v) is 6.08. The molecule has 5 heteroatoms. The van der Waals surface area contributed by atoms with Gasteiger partial charge in [-0.05, 0) is 26.2 Å². The molecule has 2 rings (SSSR count). The largest absolute Gasteiger partial charge is 0.341 e.